The molecule has 0 amide bonds. The summed E-state index contributed by atoms with van der Waals surface area (Å²) in [7, 11) is 0. The van der Waals surface area contributed by atoms with Crippen molar-refractivity contribution in [2.45, 2.75) is 58.1 Å². The van der Waals surface area contributed by atoms with Crippen molar-refractivity contribution in [2.24, 2.45) is 5.73 Å². The van der Waals surface area contributed by atoms with Gasteiger partial charge in [0.05, 0.1) is 6.10 Å². The Bertz CT molecular complexity index is 335. The van der Waals surface area contributed by atoms with Crippen LogP contribution in [0.3, 0.4) is 0 Å². The van der Waals surface area contributed by atoms with Crippen LogP contribution in [-0.4, -0.2) is 17.3 Å². The van der Waals surface area contributed by atoms with Gasteiger partial charge in [0.1, 0.15) is 0 Å². The van der Waals surface area contributed by atoms with Crippen molar-refractivity contribution < 1.29 is 5.11 Å². The fourth-order valence-corrected chi connectivity index (χ4v) is 1.75. The predicted molar refractivity (Wildman–Crippen MR) is 73.1 cm³/mol. The number of hydrogen-bond acceptors (Lipinski definition) is 2. The van der Waals surface area contributed by atoms with E-state index in [2.05, 4.69) is 45.0 Å². The molecule has 1 rings (SSSR count). The molecule has 0 aromatic heterocycles. The molecule has 0 bridgehead atoms. The van der Waals surface area contributed by atoms with Crippen molar-refractivity contribution in [1.29, 1.82) is 0 Å². The molecule has 0 aliphatic carbocycles. The second-order valence-electron chi connectivity index (χ2n) is 5.91. The number of aryl methyl sites for hydroxylation is 1. The van der Waals surface area contributed by atoms with Crippen LogP contribution in [0, 0.1) is 0 Å². The lowest BCUT2D eigenvalue weighted by Crippen LogP contribution is -2.31. The summed E-state index contributed by atoms with van der Waals surface area (Å²) in [6, 6.07) is 8.49. The molecule has 2 atom stereocenters. The normalized spacial score (nSPS) is 15.6. The first-order valence-corrected chi connectivity index (χ1v) is 6.34. The van der Waals surface area contributed by atoms with E-state index in [1.165, 1.54) is 11.1 Å². The van der Waals surface area contributed by atoms with E-state index in [-0.39, 0.29) is 11.5 Å². The number of aliphatic hydroxyl groups excluding tert-OH is 1. The Kier molecular flexibility index (Phi) is 4.72. The van der Waals surface area contributed by atoms with E-state index in [1.807, 2.05) is 6.92 Å². The summed E-state index contributed by atoms with van der Waals surface area (Å²) >= 11 is 0. The van der Waals surface area contributed by atoms with Gasteiger partial charge < -0.3 is 10.8 Å². The van der Waals surface area contributed by atoms with E-state index in [0.29, 0.717) is 0 Å². The molecule has 2 unspecified atom stereocenters. The van der Waals surface area contributed by atoms with Gasteiger partial charge in [0.2, 0.25) is 0 Å². The Hall–Kier alpha value is -0.860. The van der Waals surface area contributed by atoms with Crippen molar-refractivity contribution >= 4 is 0 Å². The molecule has 0 saturated heterocycles. The van der Waals surface area contributed by atoms with Gasteiger partial charge >= 0.3 is 0 Å². The summed E-state index contributed by atoms with van der Waals surface area (Å²) < 4.78 is 0. The summed E-state index contributed by atoms with van der Waals surface area (Å²) in [4.78, 5) is 0. The van der Waals surface area contributed by atoms with E-state index in [9.17, 15) is 5.11 Å². The summed E-state index contributed by atoms with van der Waals surface area (Å²) in [5.41, 5.74) is 8.43. The summed E-state index contributed by atoms with van der Waals surface area (Å²) in [6.07, 6.45) is 1.21. The van der Waals surface area contributed by atoms with Crippen LogP contribution >= 0.6 is 0 Å². The highest BCUT2D eigenvalue weighted by molar-refractivity contribution is 5.27. The van der Waals surface area contributed by atoms with Crippen molar-refractivity contribution in [3.8, 4) is 0 Å². The van der Waals surface area contributed by atoms with Gasteiger partial charge in [0.15, 0.2) is 0 Å². The Morgan fingerprint density at radius 1 is 1.18 bits per heavy atom. The van der Waals surface area contributed by atoms with Gasteiger partial charge in [-0.2, -0.15) is 0 Å². The van der Waals surface area contributed by atoms with Crippen LogP contribution in [0.15, 0.2) is 24.3 Å². The second-order valence-corrected chi connectivity index (χ2v) is 5.91. The Morgan fingerprint density at radius 2 is 1.71 bits per heavy atom. The van der Waals surface area contributed by atoms with Crippen molar-refractivity contribution in [1.82, 2.24) is 0 Å². The zero-order chi connectivity index (χ0) is 13.1. The molecule has 2 nitrogen and oxygen atoms in total. The average molecular weight is 235 g/mol. The molecule has 0 heterocycles. The van der Waals surface area contributed by atoms with Crippen LogP contribution in [-0.2, 0) is 11.8 Å². The van der Waals surface area contributed by atoms with Gasteiger partial charge in [-0.15, -0.1) is 0 Å². The zero-order valence-corrected chi connectivity index (χ0v) is 11.4. The third kappa shape index (κ3) is 4.49. The molecule has 3 N–H and O–H groups in total. The van der Waals surface area contributed by atoms with E-state index >= 15 is 0 Å². The molecule has 0 radical (unpaired) electrons. The lowest BCUT2D eigenvalue weighted by atomic mass is 9.86. The minimum absolute atomic E-state index is 0.149. The first-order chi connectivity index (χ1) is 7.80. The molecule has 0 fully saturated rings. The molecule has 0 aliphatic rings. The molecular weight excluding hydrogens is 210 g/mol. The van der Waals surface area contributed by atoms with Gasteiger partial charge in [-0.1, -0.05) is 45.0 Å². The zero-order valence-electron chi connectivity index (χ0n) is 11.4. The lowest BCUT2D eigenvalue weighted by molar-refractivity contribution is 0.141. The predicted octanol–water partition coefficient (Wildman–Crippen LogP) is 2.62. The summed E-state index contributed by atoms with van der Waals surface area (Å²) in [6.45, 7) is 8.47. The van der Waals surface area contributed by atoms with Gasteiger partial charge in [0.25, 0.3) is 0 Å². The maximum Gasteiger partial charge on any atom is 0.0691 e. The Labute approximate surface area is 105 Å². The molecule has 17 heavy (non-hydrogen) atoms. The Morgan fingerprint density at radius 3 is 2.12 bits per heavy atom. The lowest BCUT2D eigenvalue weighted by Gasteiger charge is -2.19. The standard InChI is InChI=1S/C15H25NO/c1-11(16)14(17)10-7-12-5-8-13(9-6-12)15(2,3)4/h5-6,8-9,11,14,17H,7,10,16H2,1-4H3. The van der Waals surface area contributed by atoms with Gasteiger partial charge in [0, 0.05) is 6.04 Å². The molecule has 0 saturated carbocycles. The third-order valence-electron chi connectivity index (χ3n) is 3.16. The third-order valence-corrected chi connectivity index (χ3v) is 3.16. The van der Waals surface area contributed by atoms with Crippen LogP contribution in [0.5, 0.6) is 0 Å². The number of rotatable bonds is 4. The Balaban J connectivity index is 2.57. The topological polar surface area (TPSA) is 46.2 Å². The van der Waals surface area contributed by atoms with Crippen molar-refractivity contribution in [3.63, 3.8) is 0 Å². The summed E-state index contributed by atoms with van der Waals surface area (Å²) in [5, 5.41) is 9.65. The van der Waals surface area contributed by atoms with Crippen LogP contribution in [0.2, 0.25) is 0 Å². The molecule has 1 aromatic rings. The molecule has 2 heteroatoms. The highest BCUT2D eigenvalue weighted by Gasteiger charge is 2.13. The van der Waals surface area contributed by atoms with Crippen LogP contribution < -0.4 is 5.73 Å². The van der Waals surface area contributed by atoms with E-state index in [1.54, 1.807) is 0 Å². The fourth-order valence-electron chi connectivity index (χ4n) is 1.75. The highest BCUT2D eigenvalue weighted by Crippen LogP contribution is 2.22. The van der Waals surface area contributed by atoms with Gasteiger partial charge in [-0.25, -0.2) is 0 Å². The van der Waals surface area contributed by atoms with Crippen LogP contribution in [0.1, 0.15) is 45.2 Å². The molecule has 1 aromatic carbocycles. The van der Waals surface area contributed by atoms with Crippen molar-refractivity contribution in [2.75, 3.05) is 0 Å². The van der Waals surface area contributed by atoms with E-state index < -0.39 is 6.10 Å². The number of benzene rings is 1. The van der Waals surface area contributed by atoms with E-state index in [0.717, 1.165) is 12.8 Å². The van der Waals surface area contributed by atoms with Gasteiger partial charge in [-0.05, 0) is 36.3 Å². The quantitative estimate of drug-likeness (QED) is 0.842. The summed E-state index contributed by atoms with van der Waals surface area (Å²) in [5.74, 6) is 0. The molecule has 0 spiro atoms. The monoisotopic (exact) mass is 235 g/mol. The van der Waals surface area contributed by atoms with Crippen molar-refractivity contribution in [3.05, 3.63) is 35.4 Å². The minimum Gasteiger partial charge on any atom is -0.392 e. The maximum atomic E-state index is 9.65. The van der Waals surface area contributed by atoms with Crippen LogP contribution in [0.4, 0.5) is 0 Å². The maximum absolute atomic E-state index is 9.65. The highest BCUT2D eigenvalue weighted by atomic mass is 16.3. The number of nitrogens with two attached hydrogens (primary N) is 1. The van der Waals surface area contributed by atoms with Crippen LogP contribution in [0.25, 0.3) is 0 Å². The number of hydrogen-bond donors (Lipinski definition) is 2. The molecule has 96 valence electrons. The molecular formula is C15H25NO. The first-order valence-electron chi connectivity index (χ1n) is 6.34. The first kappa shape index (κ1) is 14.2. The fraction of sp³-hybridized carbons (Fsp3) is 0.600. The smallest absolute Gasteiger partial charge is 0.0691 e. The average Bonchev–Trinajstić information content (AvgIpc) is 2.25. The van der Waals surface area contributed by atoms with Gasteiger partial charge in [-0.3, -0.25) is 0 Å². The SMILES string of the molecule is CC(N)C(O)CCc1ccc(C(C)(C)C)cc1. The largest absolute Gasteiger partial charge is 0.392 e. The van der Waals surface area contributed by atoms with E-state index in [4.69, 9.17) is 5.73 Å². The minimum atomic E-state index is -0.405. The second kappa shape index (κ2) is 5.65. The number of aliphatic hydroxyl groups is 1. The molecule has 0 aliphatic heterocycles.